The summed E-state index contributed by atoms with van der Waals surface area (Å²) in [6.45, 7) is 1.28. The lowest BCUT2D eigenvalue weighted by Crippen LogP contribution is -2.52. The summed E-state index contributed by atoms with van der Waals surface area (Å²) in [6, 6.07) is 6.63. The molecule has 1 saturated heterocycles. The third kappa shape index (κ3) is 20.3. The molecule has 1 heterocycles. The number of carbonyl (C=O) groups is 11. The van der Waals surface area contributed by atoms with Crippen LogP contribution in [0.1, 0.15) is 106 Å². The third-order valence-electron chi connectivity index (χ3n) is 10.8. The summed E-state index contributed by atoms with van der Waals surface area (Å²) >= 11 is 0. The van der Waals surface area contributed by atoms with Crippen LogP contribution >= 0.6 is 0 Å². The maximum atomic E-state index is 14.4. The second-order valence-electron chi connectivity index (χ2n) is 16.2. The smallest absolute Gasteiger partial charge is 0.257 e. The van der Waals surface area contributed by atoms with Crippen molar-refractivity contribution in [3.63, 3.8) is 0 Å². The lowest BCUT2D eigenvalue weighted by molar-refractivity contribution is -0.152. The number of Topliss-reactive ketones (excluding diaryl/α,β-unsaturated/α-hetero) is 2. The Labute approximate surface area is 391 Å². The lowest BCUT2D eigenvalue weighted by atomic mass is 9.87. The normalized spacial score (nSPS) is 13.2. The van der Waals surface area contributed by atoms with E-state index in [9.17, 15) is 61.5 Å². The first-order valence-electron chi connectivity index (χ1n) is 22.3. The van der Waals surface area contributed by atoms with E-state index in [2.05, 4.69) is 26.6 Å². The maximum Gasteiger partial charge on any atom is 0.257 e. The fourth-order valence-corrected chi connectivity index (χ4v) is 6.98. The number of halogens is 2. The molecular formula is C46H60F2N8O12. The first-order chi connectivity index (χ1) is 32.3. The van der Waals surface area contributed by atoms with Crippen molar-refractivity contribution in [3.05, 3.63) is 65.2 Å². The molecule has 0 unspecified atom stereocenters. The van der Waals surface area contributed by atoms with E-state index in [1.54, 1.807) is 24.3 Å². The van der Waals surface area contributed by atoms with Crippen molar-refractivity contribution >= 4 is 70.4 Å². The van der Waals surface area contributed by atoms with Gasteiger partial charge in [-0.3, -0.25) is 57.6 Å². The van der Waals surface area contributed by atoms with E-state index in [0.29, 0.717) is 44.3 Å². The lowest BCUT2D eigenvalue weighted by Gasteiger charge is -2.28. The number of likely N-dealkylation sites (tertiary alicyclic amines) is 1. The number of benzene rings is 2. The number of rotatable bonds is 32. The Morgan fingerprint density at radius 3 is 1.94 bits per heavy atom. The molecule has 1 fully saturated rings. The predicted octanol–water partition coefficient (Wildman–Crippen LogP) is 1.16. The van der Waals surface area contributed by atoms with Crippen molar-refractivity contribution in [1.82, 2.24) is 26.2 Å². The van der Waals surface area contributed by atoms with Gasteiger partial charge in [0.05, 0.1) is 6.04 Å². The number of unbranched alkanes of at least 4 members (excludes halogenated alkanes) is 2. The quantitative estimate of drug-likeness (QED) is 0.0402. The SMILES string of the molecule is CC(=O)NCCCC[C@H](NC(=O)[C@H](CCC(N)=O)NC(=O)c1c(F)cccc1F)C(=O)C[C@@H](CCCCNC(=O)COCC(=O)Nc1ccc(CCC(=O)N2CCC2=O)cc1)C(=O)CCC(N)=O. The second-order valence-corrected chi connectivity index (χ2v) is 16.2. The molecule has 0 bridgehead atoms. The van der Waals surface area contributed by atoms with Crippen LogP contribution in [0.2, 0.25) is 0 Å². The highest BCUT2D eigenvalue weighted by molar-refractivity contribution is 6.00. The summed E-state index contributed by atoms with van der Waals surface area (Å²) in [6.07, 6.45) is 0.663. The van der Waals surface area contributed by atoms with Crippen LogP contribution in [-0.4, -0.2) is 115 Å². The number of nitrogens with zero attached hydrogens (tertiary/aromatic N) is 1. The molecule has 1 aliphatic rings. The Balaban J connectivity index is 1.55. The Bertz CT molecular complexity index is 2140. The van der Waals surface area contributed by atoms with Gasteiger partial charge >= 0.3 is 0 Å². The topological polar surface area (TPSA) is 312 Å². The van der Waals surface area contributed by atoms with E-state index in [0.717, 1.165) is 23.8 Å². The van der Waals surface area contributed by atoms with E-state index in [1.807, 2.05) is 0 Å². The fraction of sp³-hybridized carbons (Fsp3) is 0.500. The molecule has 0 radical (unpaired) electrons. The van der Waals surface area contributed by atoms with Crippen molar-refractivity contribution in [3.8, 4) is 0 Å². The van der Waals surface area contributed by atoms with Crippen molar-refractivity contribution in [2.24, 2.45) is 17.4 Å². The molecule has 0 spiro atoms. The summed E-state index contributed by atoms with van der Waals surface area (Å²) in [5, 5.41) is 12.7. The second kappa shape index (κ2) is 28.9. The number of ketones is 2. The highest BCUT2D eigenvalue weighted by atomic mass is 19.1. The van der Waals surface area contributed by atoms with Gasteiger partial charge in [0.2, 0.25) is 47.3 Å². The molecule has 3 rings (SSSR count). The highest BCUT2D eigenvalue weighted by Crippen LogP contribution is 2.21. The molecule has 22 heteroatoms. The molecule has 0 saturated carbocycles. The van der Waals surface area contributed by atoms with E-state index >= 15 is 0 Å². The van der Waals surface area contributed by atoms with Gasteiger partial charge in [-0.1, -0.05) is 24.6 Å². The minimum Gasteiger partial charge on any atom is -0.370 e. The van der Waals surface area contributed by atoms with Crippen LogP contribution < -0.4 is 38.1 Å². The Hall–Kier alpha value is -6.97. The van der Waals surface area contributed by atoms with Crippen LogP contribution in [0, 0.1) is 17.6 Å². The van der Waals surface area contributed by atoms with Crippen LogP contribution in [0.3, 0.4) is 0 Å². The fourth-order valence-electron chi connectivity index (χ4n) is 6.98. The van der Waals surface area contributed by atoms with Crippen molar-refractivity contribution in [2.75, 3.05) is 38.2 Å². The zero-order valence-corrected chi connectivity index (χ0v) is 38.0. The highest BCUT2D eigenvalue weighted by Gasteiger charge is 2.32. The number of amides is 9. The molecule has 9 amide bonds. The first-order valence-corrected chi connectivity index (χ1v) is 22.3. The van der Waals surface area contributed by atoms with Gasteiger partial charge in [-0.05, 0) is 74.8 Å². The molecule has 9 N–H and O–H groups in total. The summed E-state index contributed by atoms with van der Waals surface area (Å²) in [5.74, 6) is -10.0. The molecule has 1 aliphatic heterocycles. The number of hydrogen-bond acceptors (Lipinski definition) is 12. The number of nitrogens with one attached hydrogen (secondary N) is 5. The molecule has 3 atom stereocenters. The maximum absolute atomic E-state index is 14.4. The van der Waals surface area contributed by atoms with Crippen LogP contribution in [0.4, 0.5) is 14.5 Å². The molecule has 370 valence electrons. The average molecular weight is 955 g/mol. The number of aryl methyl sites for hydroxylation is 1. The molecule has 0 aromatic heterocycles. The number of imide groups is 1. The Morgan fingerprint density at radius 1 is 0.706 bits per heavy atom. The first kappa shape index (κ1) is 55.4. The standard InChI is InChI=1S/C46H60F2N8O12/c1-28(57)51-22-5-3-10-34(54-45(66)35(16-18-38(49)60)55-46(67)44-32(47)8-6-9-33(44)48)37(59)25-30(36(58)17-19-39(50)61)7-2-4-23-52-40(62)26-68-27-41(63)53-31-14-11-29(12-15-31)13-20-42(64)56-24-21-43(56)65/h6,8-9,11-12,14-15,30,34-35H,2-5,7,10,13,16-27H2,1H3,(H2,49,60)(H2,50,61)(H,51,57)(H,52,62)(H,53,63)(H,54,66)(H,55,67)/t30-,34+,35+/m1/s1. The van der Waals surface area contributed by atoms with E-state index < -0.39 is 115 Å². The van der Waals surface area contributed by atoms with Gasteiger partial charge in [-0.25, -0.2) is 8.78 Å². The Kier molecular flexibility index (Phi) is 23.6. The van der Waals surface area contributed by atoms with E-state index in [4.69, 9.17) is 16.2 Å². The summed E-state index contributed by atoms with van der Waals surface area (Å²) in [4.78, 5) is 138. The monoisotopic (exact) mass is 954 g/mol. The molecule has 68 heavy (non-hydrogen) atoms. The van der Waals surface area contributed by atoms with Crippen LogP contribution in [0.15, 0.2) is 42.5 Å². The molecule has 2 aromatic carbocycles. The number of β-lactam (4-membered cyclic amide) rings is 1. The van der Waals surface area contributed by atoms with Crippen molar-refractivity contribution < 1.29 is 66.3 Å². The van der Waals surface area contributed by atoms with E-state index in [1.165, 1.54) is 11.8 Å². The van der Waals surface area contributed by atoms with Gasteiger partial charge in [0.15, 0.2) is 5.78 Å². The Morgan fingerprint density at radius 2 is 1.34 bits per heavy atom. The van der Waals surface area contributed by atoms with Gasteiger partial charge in [0, 0.05) is 76.7 Å². The number of anilines is 1. The van der Waals surface area contributed by atoms with Gasteiger partial charge < -0.3 is 42.8 Å². The minimum atomic E-state index is -1.58. The van der Waals surface area contributed by atoms with Gasteiger partial charge in [0.25, 0.3) is 5.91 Å². The number of hydrogen-bond donors (Lipinski definition) is 7. The number of primary amides is 2. The predicted molar refractivity (Wildman–Crippen MR) is 239 cm³/mol. The average Bonchev–Trinajstić information content (AvgIpc) is 3.27. The van der Waals surface area contributed by atoms with Crippen LogP contribution in [0.25, 0.3) is 0 Å². The molecular weight excluding hydrogens is 895 g/mol. The minimum absolute atomic E-state index is 0.00233. The van der Waals surface area contributed by atoms with Gasteiger partial charge in [-0.2, -0.15) is 0 Å². The van der Waals surface area contributed by atoms with Gasteiger partial charge in [0.1, 0.15) is 42.2 Å². The van der Waals surface area contributed by atoms with Crippen LogP contribution in [0.5, 0.6) is 0 Å². The zero-order chi connectivity index (χ0) is 50.2. The molecule has 0 aliphatic carbocycles. The summed E-state index contributed by atoms with van der Waals surface area (Å²) in [5.41, 5.74) is 10.9. The van der Waals surface area contributed by atoms with Crippen molar-refractivity contribution in [1.29, 1.82) is 0 Å². The zero-order valence-electron chi connectivity index (χ0n) is 38.0. The number of carbonyl (C=O) groups excluding carboxylic acids is 11. The van der Waals surface area contributed by atoms with Gasteiger partial charge in [-0.15, -0.1) is 0 Å². The number of nitrogens with two attached hydrogens (primary N) is 2. The molecule has 20 nitrogen and oxygen atoms in total. The molecule has 2 aromatic rings. The summed E-state index contributed by atoms with van der Waals surface area (Å²) in [7, 11) is 0. The third-order valence-corrected chi connectivity index (χ3v) is 10.8. The summed E-state index contributed by atoms with van der Waals surface area (Å²) < 4.78 is 34.1. The largest absolute Gasteiger partial charge is 0.370 e. The van der Waals surface area contributed by atoms with E-state index in [-0.39, 0.29) is 69.3 Å². The van der Waals surface area contributed by atoms with Crippen molar-refractivity contribution in [2.45, 2.75) is 109 Å². The number of ether oxygens (including phenoxy) is 1. The van der Waals surface area contributed by atoms with Crippen LogP contribution in [-0.2, 0) is 59.1 Å².